The number of imidazole rings is 1. The molecule has 0 spiro atoms. The number of para-hydroxylation sites is 1. The number of aromatic amines is 1. The van der Waals surface area contributed by atoms with Gasteiger partial charge in [0.1, 0.15) is 5.69 Å². The Hall–Kier alpha value is -2.93. The van der Waals surface area contributed by atoms with E-state index in [1.165, 1.54) is 0 Å². The molecule has 7 heteroatoms. The minimum atomic E-state index is -0.204. The van der Waals surface area contributed by atoms with Gasteiger partial charge in [-0.15, -0.1) is 0 Å². The molecule has 1 amide bonds. The van der Waals surface area contributed by atoms with Gasteiger partial charge in [-0.1, -0.05) is 12.1 Å². The molecule has 30 heavy (non-hydrogen) atoms. The smallest absolute Gasteiger partial charge is 0.270 e. The number of aromatic nitrogens is 3. The van der Waals surface area contributed by atoms with Crippen LogP contribution in [0.1, 0.15) is 42.7 Å². The van der Waals surface area contributed by atoms with Crippen LogP contribution in [0.15, 0.2) is 42.9 Å². The fraction of sp³-hybridized carbons (Fsp3) is 0.435. The van der Waals surface area contributed by atoms with Crippen molar-refractivity contribution in [3.63, 3.8) is 0 Å². The Morgan fingerprint density at radius 2 is 2.03 bits per heavy atom. The number of benzene rings is 1. The molecular formula is C23H27N5O2. The van der Waals surface area contributed by atoms with Gasteiger partial charge in [-0.05, 0) is 56.9 Å². The third-order valence-electron chi connectivity index (χ3n) is 6.06. The molecule has 0 radical (unpaired) electrons. The minimum absolute atomic E-state index is 0.113. The van der Waals surface area contributed by atoms with Crippen molar-refractivity contribution in [1.29, 1.82) is 0 Å². The number of H-pyrrole nitrogens is 1. The fourth-order valence-corrected chi connectivity index (χ4v) is 4.46. The lowest BCUT2D eigenvalue weighted by Crippen LogP contribution is -2.45. The van der Waals surface area contributed by atoms with Gasteiger partial charge in [-0.25, -0.2) is 4.98 Å². The van der Waals surface area contributed by atoms with Gasteiger partial charge in [0.25, 0.3) is 5.91 Å². The van der Waals surface area contributed by atoms with Gasteiger partial charge in [0, 0.05) is 30.5 Å². The van der Waals surface area contributed by atoms with Crippen molar-refractivity contribution >= 4 is 22.6 Å². The van der Waals surface area contributed by atoms with E-state index in [2.05, 4.69) is 45.1 Å². The number of nitrogens with zero attached hydrogens (tertiary/aromatic N) is 3. The van der Waals surface area contributed by atoms with E-state index < -0.39 is 0 Å². The van der Waals surface area contributed by atoms with Crippen LogP contribution in [0.25, 0.3) is 11.0 Å². The number of carbonyl (C=O) groups is 1. The van der Waals surface area contributed by atoms with Crippen LogP contribution in [-0.4, -0.2) is 51.7 Å². The molecule has 3 heterocycles. The fourth-order valence-electron chi connectivity index (χ4n) is 4.46. The summed E-state index contributed by atoms with van der Waals surface area (Å²) in [6, 6.07) is 10.0. The summed E-state index contributed by atoms with van der Waals surface area (Å²) in [5, 5.41) is 3.25. The number of anilines is 1. The highest BCUT2D eigenvalue weighted by atomic mass is 16.5. The van der Waals surface area contributed by atoms with E-state index in [1.807, 2.05) is 24.3 Å². The second kappa shape index (κ2) is 7.40. The normalized spacial score (nSPS) is 22.8. The predicted molar refractivity (Wildman–Crippen MR) is 116 cm³/mol. The summed E-state index contributed by atoms with van der Waals surface area (Å²) in [6.07, 6.45) is 6.49. The minimum Gasteiger partial charge on any atom is -0.372 e. The van der Waals surface area contributed by atoms with Crippen LogP contribution in [-0.2, 0) is 11.2 Å². The highest BCUT2D eigenvalue weighted by Crippen LogP contribution is 2.40. The Labute approximate surface area is 175 Å². The average Bonchev–Trinajstić information content (AvgIpc) is 3.29. The zero-order valence-corrected chi connectivity index (χ0v) is 17.4. The number of hydrogen-bond donors (Lipinski definition) is 2. The maximum Gasteiger partial charge on any atom is 0.270 e. The Kier molecular flexibility index (Phi) is 4.70. The number of rotatable bonds is 5. The maximum atomic E-state index is 13.0. The van der Waals surface area contributed by atoms with E-state index in [1.54, 1.807) is 12.5 Å². The Balaban J connectivity index is 1.31. The molecule has 1 aromatic carbocycles. The first-order valence-electron chi connectivity index (χ1n) is 10.6. The molecule has 3 aromatic rings. The number of fused-ring (bicyclic) bond motifs is 1. The quantitative estimate of drug-likeness (QED) is 0.682. The van der Waals surface area contributed by atoms with Crippen LogP contribution in [0.5, 0.6) is 0 Å². The summed E-state index contributed by atoms with van der Waals surface area (Å²) in [7, 11) is 0. The van der Waals surface area contributed by atoms with Crippen molar-refractivity contribution in [3.05, 3.63) is 54.1 Å². The summed E-state index contributed by atoms with van der Waals surface area (Å²) >= 11 is 0. The lowest BCUT2D eigenvalue weighted by Gasteiger charge is -2.36. The molecule has 7 nitrogen and oxygen atoms in total. The van der Waals surface area contributed by atoms with E-state index in [0.29, 0.717) is 5.69 Å². The lowest BCUT2D eigenvalue weighted by molar-refractivity contribution is -0.00522. The first kappa shape index (κ1) is 19.1. The van der Waals surface area contributed by atoms with E-state index in [9.17, 15) is 4.79 Å². The Morgan fingerprint density at radius 1 is 1.23 bits per heavy atom. The summed E-state index contributed by atoms with van der Waals surface area (Å²) < 4.78 is 5.83. The maximum absolute atomic E-state index is 13.0. The average molecular weight is 406 g/mol. The SMILES string of the molecule is C[C@@H]1CN(c2ccnc(C(=O)NC3(Cc4cccc5[nH]cnc45)CC3)c2)C[C@H](C)O1. The van der Waals surface area contributed by atoms with Gasteiger partial charge in [0.2, 0.25) is 0 Å². The summed E-state index contributed by atoms with van der Waals surface area (Å²) in [4.78, 5) is 27.2. The number of amides is 1. The van der Waals surface area contributed by atoms with E-state index >= 15 is 0 Å². The number of pyridine rings is 1. The summed E-state index contributed by atoms with van der Waals surface area (Å²) in [5.74, 6) is -0.113. The standard InChI is InChI=1S/C23H27N5O2/c1-15-12-28(13-16(2)30-15)18-6-9-24-20(10-18)22(29)27-23(7-8-23)11-17-4-3-5-19-21(17)26-14-25-19/h3-6,9-10,14-16H,7-8,11-13H2,1-2H3,(H,25,26)(H,27,29)/t15-,16+. The molecule has 1 aliphatic carbocycles. The Morgan fingerprint density at radius 3 is 2.80 bits per heavy atom. The molecule has 1 aliphatic heterocycles. The van der Waals surface area contributed by atoms with E-state index in [0.717, 1.165) is 54.6 Å². The number of hydrogen-bond acceptors (Lipinski definition) is 5. The molecule has 5 rings (SSSR count). The molecule has 2 atom stereocenters. The van der Waals surface area contributed by atoms with Crippen LogP contribution >= 0.6 is 0 Å². The highest BCUT2D eigenvalue weighted by molar-refractivity contribution is 5.94. The second-order valence-electron chi connectivity index (χ2n) is 8.69. The topological polar surface area (TPSA) is 83.1 Å². The van der Waals surface area contributed by atoms with Crippen LogP contribution in [0.2, 0.25) is 0 Å². The zero-order valence-electron chi connectivity index (χ0n) is 17.4. The van der Waals surface area contributed by atoms with E-state index in [-0.39, 0.29) is 23.7 Å². The van der Waals surface area contributed by atoms with Gasteiger partial charge in [0.15, 0.2) is 0 Å². The molecule has 1 saturated heterocycles. The summed E-state index contributed by atoms with van der Waals surface area (Å²) in [5.41, 5.74) is 4.44. The molecular weight excluding hydrogens is 378 g/mol. The van der Waals surface area contributed by atoms with Crippen LogP contribution < -0.4 is 10.2 Å². The lowest BCUT2D eigenvalue weighted by atomic mass is 10.0. The van der Waals surface area contributed by atoms with Crippen LogP contribution in [0, 0.1) is 0 Å². The van der Waals surface area contributed by atoms with Crippen molar-refractivity contribution in [1.82, 2.24) is 20.3 Å². The molecule has 2 fully saturated rings. The first-order valence-corrected chi connectivity index (χ1v) is 10.6. The first-order chi connectivity index (χ1) is 14.5. The predicted octanol–water partition coefficient (Wildman–Crippen LogP) is 3.08. The third-order valence-corrected chi connectivity index (χ3v) is 6.06. The van der Waals surface area contributed by atoms with Gasteiger partial charge in [-0.3, -0.25) is 9.78 Å². The molecule has 2 N–H and O–H groups in total. The van der Waals surface area contributed by atoms with Gasteiger partial charge in [-0.2, -0.15) is 0 Å². The highest BCUT2D eigenvalue weighted by Gasteiger charge is 2.44. The second-order valence-corrected chi connectivity index (χ2v) is 8.69. The number of morpholine rings is 1. The molecule has 1 saturated carbocycles. The molecule has 2 aromatic heterocycles. The number of carbonyl (C=O) groups excluding carboxylic acids is 1. The molecule has 0 bridgehead atoms. The van der Waals surface area contributed by atoms with Gasteiger partial charge >= 0.3 is 0 Å². The van der Waals surface area contributed by atoms with Crippen molar-refractivity contribution in [2.45, 2.75) is 50.9 Å². The zero-order chi connectivity index (χ0) is 20.7. The van der Waals surface area contributed by atoms with E-state index in [4.69, 9.17) is 4.74 Å². The largest absolute Gasteiger partial charge is 0.372 e. The number of nitrogens with one attached hydrogen (secondary N) is 2. The molecule has 2 aliphatic rings. The van der Waals surface area contributed by atoms with Gasteiger partial charge in [0.05, 0.1) is 29.6 Å². The van der Waals surface area contributed by atoms with Crippen LogP contribution in [0.4, 0.5) is 5.69 Å². The van der Waals surface area contributed by atoms with Crippen LogP contribution in [0.3, 0.4) is 0 Å². The molecule has 0 unspecified atom stereocenters. The van der Waals surface area contributed by atoms with Crippen molar-refractivity contribution in [3.8, 4) is 0 Å². The van der Waals surface area contributed by atoms with Crippen molar-refractivity contribution < 1.29 is 9.53 Å². The summed E-state index contributed by atoms with van der Waals surface area (Å²) in [6.45, 7) is 5.78. The van der Waals surface area contributed by atoms with Crippen molar-refractivity contribution in [2.24, 2.45) is 0 Å². The van der Waals surface area contributed by atoms with Crippen molar-refractivity contribution in [2.75, 3.05) is 18.0 Å². The van der Waals surface area contributed by atoms with Gasteiger partial charge < -0.3 is 19.9 Å². The monoisotopic (exact) mass is 405 g/mol. The molecule has 156 valence electrons. The Bertz CT molecular complexity index is 1060. The number of ether oxygens (including phenoxy) is 1. The third kappa shape index (κ3) is 3.77.